The Morgan fingerprint density at radius 1 is 1.00 bits per heavy atom. The first kappa shape index (κ1) is 7.98. The normalized spacial score (nSPS) is 10.3. The van der Waals surface area contributed by atoms with Crippen molar-refractivity contribution < 1.29 is 13.2 Å². The first-order chi connectivity index (χ1) is 6.29. The highest BCUT2D eigenvalue weighted by Crippen LogP contribution is 2.24. The third-order valence-corrected chi connectivity index (χ3v) is 1.74. The molecule has 0 saturated heterocycles. The van der Waals surface area contributed by atoms with Gasteiger partial charge in [-0.1, -0.05) is 6.07 Å². The summed E-state index contributed by atoms with van der Waals surface area (Å²) in [6.07, 6.45) is 1.42. The summed E-state index contributed by atoms with van der Waals surface area (Å²) in [5, 5.41) is 0. The molecule has 0 N–H and O–H groups in total. The monoisotopic (exact) mass is 180 g/mol. The minimum Gasteiger partial charge on any atom is -0.464 e. The number of rotatable bonds is 1. The van der Waals surface area contributed by atoms with Gasteiger partial charge in [0.05, 0.1) is 11.8 Å². The van der Waals surface area contributed by atoms with E-state index >= 15 is 0 Å². The molecule has 0 amide bonds. The van der Waals surface area contributed by atoms with Crippen LogP contribution in [0.5, 0.6) is 0 Å². The fraction of sp³-hybridized carbons (Fsp3) is 0. The van der Waals surface area contributed by atoms with Gasteiger partial charge in [-0.05, 0) is 24.3 Å². The van der Waals surface area contributed by atoms with Gasteiger partial charge in [0.1, 0.15) is 5.76 Å². The predicted octanol–water partition coefficient (Wildman–Crippen LogP) is 3.22. The Morgan fingerprint density at radius 3 is 2.54 bits per heavy atom. The van der Waals surface area contributed by atoms with Crippen molar-refractivity contribution >= 4 is 0 Å². The van der Waals surface area contributed by atoms with Crippen molar-refractivity contribution in [3.05, 3.63) is 48.2 Å². The Bertz CT molecular complexity index is 407. The van der Waals surface area contributed by atoms with Crippen LogP contribution in [0, 0.1) is 11.6 Å². The summed E-state index contributed by atoms with van der Waals surface area (Å²) < 4.78 is 30.8. The van der Waals surface area contributed by atoms with Gasteiger partial charge in [-0.25, -0.2) is 8.78 Å². The van der Waals surface area contributed by atoms with Crippen LogP contribution in [0.3, 0.4) is 0 Å². The number of benzene rings is 1. The molecule has 3 heteroatoms. The Labute approximate surface area is 73.6 Å². The Morgan fingerprint density at radius 2 is 1.85 bits per heavy atom. The summed E-state index contributed by atoms with van der Waals surface area (Å²) in [6.45, 7) is 0. The van der Waals surface area contributed by atoms with Gasteiger partial charge in [-0.15, -0.1) is 0 Å². The lowest BCUT2D eigenvalue weighted by molar-refractivity contribution is 0.504. The van der Waals surface area contributed by atoms with Gasteiger partial charge in [0, 0.05) is 0 Å². The van der Waals surface area contributed by atoms with E-state index in [1.807, 2.05) is 0 Å². The van der Waals surface area contributed by atoms with Crippen LogP contribution in [-0.4, -0.2) is 0 Å². The minimum atomic E-state index is -0.877. The maximum atomic E-state index is 13.1. The van der Waals surface area contributed by atoms with E-state index < -0.39 is 11.6 Å². The molecule has 1 aromatic carbocycles. The molecule has 0 saturated carbocycles. The molecule has 0 radical (unpaired) electrons. The zero-order valence-corrected chi connectivity index (χ0v) is 6.63. The van der Waals surface area contributed by atoms with Crippen LogP contribution in [0.1, 0.15) is 0 Å². The molecule has 1 aromatic heterocycles. The van der Waals surface area contributed by atoms with Crippen molar-refractivity contribution in [2.45, 2.75) is 0 Å². The molecule has 2 rings (SSSR count). The Kier molecular flexibility index (Phi) is 1.85. The van der Waals surface area contributed by atoms with Gasteiger partial charge in [0.2, 0.25) is 0 Å². The number of hydrogen-bond acceptors (Lipinski definition) is 1. The van der Waals surface area contributed by atoms with E-state index in [9.17, 15) is 8.78 Å². The van der Waals surface area contributed by atoms with Crippen molar-refractivity contribution in [2.75, 3.05) is 0 Å². The topological polar surface area (TPSA) is 13.1 Å². The molecule has 66 valence electrons. The van der Waals surface area contributed by atoms with Gasteiger partial charge < -0.3 is 4.42 Å². The summed E-state index contributed by atoms with van der Waals surface area (Å²) in [5.41, 5.74) is 0.144. The zero-order valence-electron chi connectivity index (χ0n) is 6.63. The molecule has 1 heterocycles. The van der Waals surface area contributed by atoms with Crippen LogP contribution in [0.15, 0.2) is 41.0 Å². The van der Waals surface area contributed by atoms with E-state index in [4.69, 9.17) is 4.42 Å². The molecule has 0 aliphatic rings. The van der Waals surface area contributed by atoms with E-state index in [-0.39, 0.29) is 5.56 Å². The van der Waals surface area contributed by atoms with Crippen LogP contribution in [0.2, 0.25) is 0 Å². The van der Waals surface area contributed by atoms with Crippen molar-refractivity contribution in [3.8, 4) is 11.3 Å². The molecule has 0 bridgehead atoms. The first-order valence-electron chi connectivity index (χ1n) is 3.77. The second-order valence-electron chi connectivity index (χ2n) is 2.58. The van der Waals surface area contributed by atoms with Crippen LogP contribution < -0.4 is 0 Å². The van der Waals surface area contributed by atoms with Crippen LogP contribution >= 0.6 is 0 Å². The van der Waals surface area contributed by atoms with Gasteiger partial charge in [0.25, 0.3) is 0 Å². The summed E-state index contributed by atoms with van der Waals surface area (Å²) in [5.74, 6) is -1.41. The predicted molar refractivity (Wildman–Crippen MR) is 44.1 cm³/mol. The molecule has 0 atom stereocenters. The zero-order chi connectivity index (χ0) is 9.26. The molecule has 13 heavy (non-hydrogen) atoms. The molecule has 0 fully saturated rings. The largest absolute Gasteiger partial charge is 0.464 e. The number of halogens is 2. The fourth-order valence-electron chi connectivity index (χ4n) is 1.13. The van der Waals surface area contributed by atoms with Crippen LogP contribution in [0.4, 0.5) is 8.78 Å². The summed E-state index contributed by atoms with van der Waals surface area (Å²) in [6, 6.07) is 7.19. The van der Waals surface area contributed by atoms with E-state index in [2.05, 4.69) is 0 Å². The molecule has 0 spiro atoms. The summed E-state index contributed by atoms with van der Waals surface area (Å²) >= 11 is 0. The van der Waals surface area contributed by atoms with Crippen molar-refractivity contribution in [1.82, 2.24) is 0 Å². The third kappa shape index (κ3) is 1.33. The molecular formula is C10H6F2O. The summed E-state index contributed by atoms with van der Waals surface area (Å²) in [4.78, 5) is 0. The molecule has 1 nitrogen and oxygen atoms in total. The molecule has 0 aliphatic carbocycles. The van der Waals surface area contributed by atoms with Gasteiger partial charge >= 0.3 is 0 Å². The van der Waals surface area contributed by atoms with Crippen molar-refractivity contribution in [2.24, 2.45) is 0 Å². The van der Waals surface area contributed by atoms with Crippen molar-refractivity contribution in [3.63, 3.8) is 0 Å². The SMILES string of the molecule is Fc1cccc(-c2ccco2)c1F. The van der Waals surface area contributed by atoms with Gasteiger partial charge in [-0.2, -0.15) is 0 Å². The fourth-order valence-corrected chi connectivity index (χ4v) is 1.13. The minimum absolute atomic E-state index is 0.144. The van der Waals surface area contributed by atoms with E-state index in [1.54, 1.807) is 12.1 Å². The number of hydrogen-bond donors (Lipinski definition) is 0. The average molecular weight is 180 g/mol. The summed E-state index contributed by atoms with van der Waals surface area (Å²) in [7, 11) is 0. The first-order valence-corrected chi connectivity index (χ1v) is 3.77. The van der Waals surface area contributed by atoms with Crippen molar-refractivity contribution in [1.29, 1.82) is 0 Å². The quantitative estimate of drug-likeness (QED) is 0.656. The molecule has 0 aliphatic heterocycles. The second kappa shape index (κ2) is 3.01. The van der Waals surface area contributed by atoms with Crippen LogP contribution in [0.25, 0.3) is 11.3 Å². The second-order valence-corrected chi connectivity index (χ2v) is 2.58. The van der Waals surface area contributed by atoms with Crippen LogP contribution in [-0.2, 0) is 0 Å². The molecular weight excluding hydrogens is 174 g/mol. The highest BCUT2D eigenvalue weighted by atomic mass is 19.2. The van der Waals surface area contributed by atoms with E-state index in [1.165, 1.54) is 18.4 Å². The standard InChI is InChI=1S/C10H6F2O/c11-8-4-1-3-7(10(8)12)9-5-2-6-13-9/h1-6H. The lowest BCUT2D eigenvalue weighted by atomic mass is 10.1. The maximum Gasteiger partial charge on any atom is 0.169 e. The lowest BCUT2D eigenvalue weighted by Crippen LogP contribution is -1.86. The Hall–Kier alpha value is -1.64. The van der Waals surface area contributed by atoms with E-state index in [0.717, 1.165) is 6.07 Å². The lowest BCUT2D eigenvalue weighted by Gasteiger charge is -1.98. The van der Waals surface area contributed by atoms with Gasteiger partial charge in [-0.3, -0.25) is 0 Å². The average Bonchev–Trinajstić information content (AvgIpc) is 2.62. The maximum absolute atomic E-state index is 13.1. The molecule has 0 unspecified atom stereocenters. The Balaban J connectivity index is 2.59. The van der Waals surface area contributed by atoms with Gasteiger partial charge in [0.15, 0.2) is 11.6 Å². The van der Waals surface area contributed by atoms with E-state index in [0.29, 0.717) is 5.76 Å². The number of furan rings is 1. The molecule has 2 aromatic rings. The third-order valence-electron chi connectivity index (χ3n) is 1.74. The highest BCUT2D eigenvalue weighted by molar-refractivity contribution is 5.57. The highest BCUT2D eigenvalue weighted by Gasteiger charge is 2.10. The smallest absolute Gasteiger partial charge is 0.169 e.